The van der Waals surface area contributed by atoms with Gasteiger partial charge in [0.2, 0.25) is 5.91 Å². The third-order valence-electron chi connectivity index (χ3n) is 4.35. The summed E-state index contributed by atoms with van der Waals surface area (Å²) in [7, 11) is 0. The number of hydrogen-bond acceptors (Lipinski definition) is 2. The van der Waals surface area contributed by atoms with E-state index in [9.17, 15) is 9.59 Å². The lowest BCUT2D eigenvalue weighted by Gasteiger charge is -2.15. The summed E-state index contributed by atoms with van der Waals surface area (Å²) >= 11 is 0. The predicted octanol–water partition coefficient (Wildman–Crippen LogP) is 3.75. The molecule has 0 saturated carbocycles. The van der Waals surface area contributed by atoms with Crippen LogP contribution in [0.1, 0.15) is 25.0 Å². The Morgan fingerprint density at radius 2 is 1.83 bits per heavy atom. The van der Waals surface area contributed by atoms with Gasteiger partial charge in [-0.05, 0) is 59.4 Å². The molecule has 1 N–H and O–H groups in total. The Balaban J connectivity index is 1.96. The Kier molecular flexibility index (Phi) is 4.21. The lowest BCUT2D eigenvalue weighted by Crippen LogP contribution is -2.25. The molecule has 4 heteroatoms. The van der Waals surface area contributed by atoms with E-state index in [-0.39, 0.29) is 5.91 Å². The minimum atomic E-state index is -0.945. The van der Waals surface area contributed by atoms with Gasteiger partial charge in [-0.1, -0.05) is 24.3 Å². The molecule has 1 amide bonds. The van der Waals surface area contributed by atoms with Crippen LogP contribution < -0.4 is 4.90 Å². The molecule has 24 heavy (non-hydrogen) atoms. The summed E-state index contributed by atoms with van der Waals surface area (Å²) in [5, 5.41) is 8.90. The van der Waals surface area contributed by atoms with Crippen LogP contribution in [0, 0.1) is 0 Å². The first kappa shape index (κ1) is 16.0. The number of carbonyl (C=O) groups is 2. The molecular formula is C20H19NO3. The second-order valence-corrected chi connectivity index (χ2v) is 6.01. The first-order chi connectivity index (χ1) is 11.5. The molecule has 1 heterocycles. The van der Waals surface area contributed by atoms with Gasteiger partial charge in [-0.2, -0.15) is 0 Å². The largest absolute Gasteiger partial charge is 0.478 e. The number of carboxylic acids is 1. The summed E-state index contributed by atoms with van der Waals surface area (Å²) in [6, 6.07) is 14.0. The number of fused-ring (bicyclic) bond motifs is 1. The van der Waals surface area contributed by atoms with Crippen LogP contribution in [0.4, 0.5) is 5.69 Å². The fourth-order valence-corrected chi connectivity index (χ4v) is 3.12. The zero-order chi connectivity index (χ0) is 17.3. The SMILES string of the molecule is CC(=O)N1CCc2cc(-c3cccc(/C(C)=C/C(=O)O)c3)ccc21. The summed E-state index contributed by atoms with van der Waals surface area (Å²) in [4.78, 5) is 24.3. The lowest BCUT2D eigenvalue weighted by molar-refractivity contribution is -0.131. The highest BCUT2D eigenvalue weighted by atomic mass is 16.4. The Hall–Kier alpha value is -2.88. The van der Waals surface area contributed by atoms with E-state index in [0.717, 1.165) is 35.3 Å². The molecule has 0 bridgehead atoms. The number of carboxylic acid groups (broad SMARTS) is 1. The molecule has 0 aromatic heterocycles. The number of anilines is 1. The van der Waals surface area contributed by atoms with Crippen LogP contribution >= 0.6 is 0 Å². The van der Waals surface area contributed by atoms with Gasteiger partial charge in [0.1, 0.15) is 0 Å². The van der Waals surface area contributed by atoms with Gasteiger partial charge >= 0.3 is 5.97 Å². The highest BCUT2D eigenvalue weighted by molar-refractivity contribution is 5.94. The second-order valence-electron chi connectivity index (χ2n) is 6.01. The zero-order valence-electron chi connectivity index (χ0n) is 13.7. The molecule has 0 fully saturated rings. The van der Waals surface area contributed by atoms with Gasteiger partial charge < -0.3 is 10.0 Å². The van der Waals surface area contributed by atoms with Gasteiger partial charge in [-0.3, -0.25) is 4.79 Å². The maximum Gasteiger partial charge on any atom is 0.328 e. The van der Waals surface area contributed by atoms with Crippen LogP contribution in [0.3, 0.4) is 0 Å². The van der Waals surface area contributed by atoms with Crippen LogP contribution in [-0.4, -0.2) is 23.5 Å². The van der Waals surface area contributed by atoms with Gasteiger partial charge in [0.05, 0.1) is 0 Å². The number of allylic oxidation sites excluding steroid dienone is 1. The van der Waals surface area contributed by atoms with Crippen LogP contribution in [0.5, 0.6) is 0 Å². The number of hydrogen-bond donors (Lipinski definition) is 1. The van der Waals surface area contributed by atoms with Crippen molar-refractivity contribution in [2.24, 2.45) is 0 Å². The molecule has 0 saturated heterocycles. The van der Waals surface area contributed by atoms with Crippen molar-refractivity contribution in [1.29, 1.82) is 0 Å². The average Bonchev–Trinajstić information content (AvgIpc) is 2.97. The summed E-state index contributed by atoms with van der Waals surface area (Å²) in [6.07, 6.45) is 2.08. The predicted molar refractivity (Wildman–Crippen MR) is 94.9 cm³/mol. The smallest absolute Gasteiger partial charge is 0.328 e. The Morgan fingerprint density at radius 1 is 1.08 bits per heavy atom. The summed E-state index contributed by atoms with van der Waals surface area (Å²) in [6.45, 7) is 4.11. The monoisotopic (exact) mass is 321 g/mol. The minimum Gasteiger partial charge on any atom is -0.478 e. The van der Waals surface area contributed by atoms with E-state index in [1.54, 1.807) is 18.7 Å². The third kappa shape index (κ3) is 3.08. The number of benzene rings is 2. The Morgan fingerprint density at radius 3 is 2.54 bits per heavy atom. The Labute approximate surface area is 141 Å². The molecule has 4 nitrogen and oxygen atoms in total. The van der Waals surface area contributed by atoms with E-state index < -0.39 is 5.97 Å². The van der Waals surface area contributed by atoms with Crippen molar-refractivity contribution in [1.82, 2.24) is 0 Å². The van der Waals surface area contributed by atoms with Crippen LogP contribution in [0.25, 0.3) is 16.7 Å². The topological polar surface area (TPSA) is 57.6 Å². The van der Waals surface area contributed by atoms with Crippen LogP contribution in [-0.2, 0) is 16.0 Å². The van der Waals surface area contributed by atoms with Crippen LogP contribution in [0.2, 0.25) is 0 Å². The van der Waals surface area contributed by atoms with Crippen molar-refractivity contribution < 1.29 is 14.7 Å². The van der Waals surface area contributed by atoms with Crippen molar-refractivity contribution in [3.05, 3.63) is 59.7 Å². The Bertz CT molecular complexity index is 852. The van der Waals surface area contributed by atoms with E-state index in [0.29, 0.717) is 5.57 Å². The fourth-order valence-electron chi connectivity index (χ4n) is 3.12. The van der Waals surface area contributed by atoms with Gasteiger partial charge in [-0.15, -0.1) is 0 Å². The summed E-state index contributed by atoms with van der Waals surface area (Å²) in [5.74, 6) is -0.877. The first-order valence-electron chi connectivity index (χ1n) is 7.89. The van der Waals surface area contributed by atoms with Gasteiger partial charge in [-0.25, -0.2) is 4.79 Å². The van der Waals surface area contributed by atoms with E-state index >= 15 is 0 Å². The number of amides is 1. The van der Waals surface area contributed by atoms with E-state index in [2.05, 4.69) is 6.07 Å². The summed E-state index contributed by atoms with van der Waals surface area (Å²) < 4.78 is 0. The van der Waals surface area contributed by atoms with Crippen molar-refractivity contribution in [2.75, 3.05) is 11.4 Å². The van der Waals surface area contributed by atoms with Gasteiger partial charge in [0.25, 0.3) is 0 Å². The quantitative estimate of drug-likeness (QED) is 0.876. The van der Waals surface area contributed by atoms with E-state index in [1.165, 1.54) is 11.6 Å². The van der Waals surface area contributed by atoms with Crippen molar-refractivity contribution in [2.45, 2.75) is 20.3 Å². The number of carbonyl (C=O) groups excluding carboxylic acids is 1. The van der Waals surface area contributed by atoms with E-state index in [4.69, 9.17) is 5.11 Å². The van der Waals surface area contributed by atoms with Gasteiger partial charge in [0, 0.05) is 25.2 Å². The molecule has 1 aliphatic rings. The summed E-state index contributed by atoms with van der Waals surface area (Å²) in [5.41, 5.74) is 5.88. The molecule has 3 rings (SSSR count). The molecule has 1 aliphatic heterocycles. The maximum atomic E-state index is 11.6. The average molecular weight is 321 g/mol. The molecule has 0 unspecified atom stereocenters. The number of rotatable bonds is 3. The highest BCUT2D eigenvalue weighted by Crippen LogP contribution is 2.33. The van der Waals surface area contributed by atoms with Gasteiger partial charge in [0.15, 0.2) is 0 Å². The fraction of sp³-hybridized carbons (Fsp3) is 0.200. The zero-order valence-corrected chi connectivity index (χ0v) is 13.7. The normalized spacial score (nSPS) is 13.8. The molecule has 122 valence electrons. The van der Waals surface area contributed by atoms with E-state index in [1.807, 2.05) is 36.4 Å². The van der Waals surface area contributed by atoms with Crippen molar-refractivity contribution in [3.8, 4) is 11.1 Å². The standard InChI is InChI=1S/C20H19NO3/c1-13(10-20(23)24)15-4-3-5-16(11-15)17-6-7-19-18(12-17)8-9-21(19)14(2)22/h3-7,10-12H,8-9H2,1-2H3,(H,23,24)/b13-10+. The van der Waals surface area contributed by atoms with Crippen molar-refractivity contribution in [3.63, 3.8) is 0 Å². The maximum absolute atomic E-state index is 11.6. The molecule has 0 spiro atoms. The third-order valence-corrected chi connectivity index (χ3v) is 4.35. The number of aliphatic carboxylic acids is 1. The molecule has 2 aromatic carbocycles. The lowest BCUT2D eigenvalue weighted by atomic mass is 9.97. The number of nitrogens with zero attached hydrogens (tertiary/aromatic N) is 1. The second kappa shape index (κ2) is 6.32. The molecule has 2 aromatic rings. The molecule has 0 atom stereocenters. The first-order valence-corrected chi connectivity index (χ1v) is 7.89. The molecule has 0 aliphatic carbocycles. The van der Waals surface area contributed by atoms with Crippen molar-refractivity contribution >= 4 is 23.1 Å². The van der Waals surface area contributed by atoms with Crippen LogP contribution in [0.15, 0.2) is 48.5 Å². The highest BCUT2D eigenvalue weighted by Gasteiger charge is 2.22. The molecular weight excluding hydrogens is 302 g/mol. The molecule has 0 radical (unpaired) electrons. The minimum absolute atomic E-state index is 0.0675.